The summed E-state index contributed by atoms with van der Waals surface area (Å²) in [7, 11) is -2.13. The lowest BCUT2D eigenvalue weighted by Gasteiger charge is -2.22. The Morgan fingerprint density at radius 3 is 2.94 bits per heavy atom. The number of ether oxygens (including phenoxy) is 1. The molecule has 13 heteroatoms. The van der Waals surface area contributed by atoms with E-state index in [1.54, 1.807) is 35.8 Å². The lowest BCUT2D eigenvalue weighted by molar-refractivity contribution is 0.0594. The van der Waals surface area contributed by atoms with Crippen molar-refractivity contribution in [3.8, 4) is 11.3 Å². The lowest BCUT2D eigenvalue weighted by atomic mass is 10.2. The first-order valence-corrected chi connectivity index (χ1v) is 12.6. The molecule has 0 radical (unpaired) electrons. The molecule has 0 bridgehead atoms. The zero-order chi connectivity index (χ0) is 22.5. The highest BCUT2D eigenvalue weighted by Crippen LogP contribution is 2.42. The molecule has 4 heterocycles. The number of benzene rings is 1. The molecular weight excluding hydrogens is 474 g/mol. The fraction of sp³-hybridized carbons (Fsp3) is 0.158. The minimum atomic E-state index is -3.44. The maximum absolute atomic E-state index is 12.7. The Labute approximate surface area is 190 Å². The molecule has 5 rings (SSSR count). The minimum Gasteiger partial charge on any atom is -0.464 e. The number of hydrogen-bond donors (Lipinski definition) is 2. The van der Waals surface area contributed by atoms with E-state index in [1.165, 1.54) is 30.2 Å². The van der Waals surface area contributed by atoms with Crippen LogP contribution in [0.15, 0.2) is 45.1 Å². The van der Waals surface area contributed by atoms with Gasteiger partial charge < -0.3 is 14.6 Å². The number of amidine groups is 1. The van der Waals surface area contributed by atoms with Crippen molar-refractivity contribution in [2.75, 3.05) is 29.6 Å². The van der Waals surface area contributed by atoms with Crippen LogP contribution in [-0.4, -0.2) is 54.8 Å². The van der Waals surface area contributed by atoms with Gasteiger partial charge in [0.1, 0.15) is 5.69 Å². The number of esters is 1. The molecule has 2 aromatic heterocycles. The van der Waals surface area contributed by atoms with Crippen LogP contribution in [0.25, 0.3) is 11.3 Å². The molecule has 0 atom stereocenters. The fourth-order valence-corrected chi connectivity index (χ4v) is 6.29. The van der Waals surface area contributed by atoms with E-state index < -0.39 is 16.0 Å². The maximum atomic E-state index is 12.7. The summed E-state index contributed by atoms with van der Waals surface area (Å²) in [6.45, 7) is 0.339. The molecule has 32 heavy (non-hydrogen) atoms. The molecule has 2 aliphatic heterocycles. The van der Waals surface area contributed by atoms with Crippen molar-refractivity contribution in [2.45, 2.75) is 4.90 Å². The second-order valence-electron chi connectivity index (χ2n) is 6.88. The summed E-state index contributed by atoms with van der Waals surface area (Å²) >= 11 is 2.49. The topological polar surface area (TPSA) is 134 Å². The number of sulfonamides is 1. The van der Waals surface area contributed by atoms with Crippen LogP contribution in [0.5, 0.6) is 0 Å². The number of thioether (sulfide) groups is 1. The second kappa shape index (κ2) is 7.76. The third kappa shape index (κ3) is 3.78. The van der Waals surface area contributed by atoms with Gasteiger partial charge >= 0.3 is 5.97 Å². The zero-order valence-corrected chi connectivity index (χ0v) is 18.9. The zero-order valence-electron chi connectivity index (χ0n) is 16.5. The van der Waals surface area contributed by atoms with Crippen molar-refractivity contribution in [1.29, 1.82) is 0 Å². The van der Waals surface area contributed by atoms with E-state index in [4.69, 9.17) is 0 Å². The third-order valence-corrected chi connectivity index (χ3v) is 7.91. The van der Waals surface area contributed by atoms with Gasteiger partial charge in [-0.25, -0.2) is 18.2 Å². The number of aromatic amines is 1. The SMILES string of the molecule is COC(=O)c1cc(-c2csc(NC(=O)c3ccc4c(c3)SC3=NS(=O)(=O)CCN34)n2)c[nH]1. The van der Waals surface area contributed by atoms with Gasteiger partial charge in [-0.3, -0.25) is 10.1 Å². The number of rotatable bonds is 4. The molecule has 0 aliphatic carbocycles. The first kappa shape index (κ1) is 20.7. The summed E-state index contributed by atoms with van der Waals surface area (Å²) in [5, 5.41) is 5.36. The number of nitrogens with one attached hydrogen (secondary N) is 2. The number of H-pyrrole nitrogens is 1. The largest absolute Gasteiger partial charge is 0.464 e. The summed E-state index contributed by atoms with van der Waals surface area (Å²) in [6, 6.07) is 6.82. The fourth-order valence-electron chi connectivity index (χ4n) is 3.27. The Hall–Kier alpha value is -3.16. The Kier molecular flexibility index (Phi) is 5.03. The Morgan fingerprint density at radius 2 is 2.12 bits per heavy atom. The molecule has 0 fully saturated rings. The molecule has 2 N–H and O–H groups in total. The van der Waals surface area contributed by atoms with Gasteiger partial charge in [-0.05, 0) is 36.0 Å². The predicted octanol–water partition coefficient (Wildman–Crippen LogP) is 2.79. The highest BCUT2D eigenvalue weighted by atomic mass is 32.2. The number of nitrogens with zero attached hydrogens (tertiary/aromatic N) is 3. The predicted molar refractivity (Wildman–Crippen MR) is 122 cm³/mol. The highest BCUT2D eigenvalue weighted by Gasteiger charge is 2.33. The summed E-state index contributed by atoms with van der Waals surface area (Å²) in [5.74, 6) is -0.847. The van der Waals surface area contributed by atoms with Gasteiger partial charge in [-0.2, -0.15) is 0 Å². The number of anilines is 2. The normalized spacial score (nSPS) is 16.2. The van der Waals surface area contributed by atoms with Gasteiger partial charge in [-0.15, -0.1) is 15.7 Å². The number of methoxy groups -OCH3 is 1. The minimum absolute atomic E-state index is 0.0343. The quantitative estimate of drug-likeness (QED) is 0.535. The number of hydrogen-bond acceptors (Lipinski definition) is 9. The van der Waals surface area contributed by atoms with Crippen LogP contribution in [0.2, 0.25) is 0 Å². The van der Waals surface area contributed by atoms with Crippen LogP contribution in [0, 0.1) is 0 Å². The van der Waals surface area contributed by atoms with Gasteiger partial charge in [0.05, 0.1) is 24.2 Å². The Balaban J connectivity index is 1.32. The molecule has 164 valence electrons. The van der Waals surface area contributed by atoms with Crippen LogP contribution >= 0.6 is 23.1 Å². The molecule has 3 aromatic rings. The summed E-state index contributed by atoms with van der Waals surface area (Å²) in [4.78, 5) is 34.2. The summed E-state index contributed by atoms with van der Waals surface area (Å²) < 4.78 is 32.0. The first-order valence-electron chi connectivity index (χ1n) is 9.29. The van der Waals surface area contributed by atoms with E-state index >= 15 is 0 Å². The standard InChI is InChI=1S/C19H15N5O5S3/c1-29-17(26)12-6-11(8-20-12)13-9-30-18(21-13)22-16(25)10-2-3-14-15(7-10)31-19-23-32(27,28)5-4-24(14)19/h2-3,6-9,20H,4-5H2,1H3,(H,21,22,25). The van der Waals surface area contributed by atoms with Gasteiger partial charge in [0, 0.05) is 34.1 Å². The van der Waals surface area contributed by atoms with E-state index in [9.17, 15) is 18.0 Å². The Bertz CT molecular complexity index is 1390. The summed E-state index contributed by atoms with van der Waals surface area (Å²) in [6.07, 6.45) is 1.64. The van der Waals surface area contributed by atoms with Crippen molar-refractivity contribution in [2.24, 2.45) is 4.40 Å². The monoisotopic (exact) mass is 489 g/mol. The number of carbonyl (C=O) groups excluding carboxylic acids is 2. The van der Waals surface area contributed by atoms with E-state index in [0.717, 1.165) is 10.6 Å². The molecule has 0 unspecified atom stereocenters. The number of thiazole rings is 1. The van der Waals surface area contributed by atoms with Gasteiger partial charge in [0.15, 0.2) is 10.3 Å². The van der Waals surface area contributed by atoms with E-state index in [2.05, 4.69) is 24.4 Å². The molecule has 2 aliphatic rings. The van der Waals surface area contributed by atoms with Crippen LogP contribution in [0.4, 0.5) is 10.8 Å². The smallest absolute Gasteiger partial charge is 0.354 e. The van der Waals surface area contributed by atoms with Crippen molar-refractivity contribution in [3.63, 3.8) is 0 Å². The van der Waals surface area contributed by atoms with E-state index in [0.29, 0.717) is 39.4 Å². The van der Waals surface area contributed by atoms with Crippen LogP contribution < -0.4 is 10.2 Å². The second-order valence-corrected chi connectivity index (χ2v) is 10.5. The average Bonchev–Trinajstić information content (AvgIpc) is 3.49. The van der Waals surface area contributed by atoms with Crippen LogP contribution in [0.3, 0.4) is 0 Å². The average molecular weight is 490 g/mol. The number of aromatic nitrogens is 2. The van der Waals surface area contributed by atoms with E-state index in [-0.39, 0.29) is 11.7 Å². The van der Waals surface area contributed by atoms with Gasteiger partial charge in [0.2, 0.25) is 0 Å². The van der Waals surface area contributed by atoms with Crippen LogP contribution in [0.1, 0.15) is 20.8 Å². The number of carbonyl (C=O) groups is 2. The number of fused-ring (bicyclic) bond motifs is 3. The molecule has 0 spiro atoms. The highest BCUT2D eigenvalue weighted by molar-refractivity contribution is 8.15. The molecule has 1 amide bonds. The molecule has 10 nitrogen and oxygen atoms in total. The summed E-state index contributed by atoms with van der Waals surface area (Å²) in [5.41, 5.74) is 2.88. The Morgan fingerprint density at radius 1 is 1.28 bits per heavy atom. The molecule has 0 saturated carbocycles. The molecular formula is C19H15N5O5S3. The maximum Gasteiger partial charge on any atom is 0.354 e. The lowest BCUT2D eigenvalue weighted by Crippen LogP contribution is -2.35. The van der Waals surface area contributed by atoms with Crippen molar-refractivity contribution < 1.29 is 22.7 Å². The van der Waals surface area contributed by atoms with Crippen molar-refractivity contribution >= 4 is 61.0 Å². The third-order valence-electron chi connectivity index (χ3n) is 4.84. The van der Waals surface area contributed by atoms with E-state index in [1.807, 2.05) is 4.90 Å². The van der Waals surface area contributed by atoms with Crippen molar-refractivity contribution in [3.05, 3.63) is 47.1 Å². The first-order chi connectivity index (χ1) is 15.3. The van der Waals surface area contributed by atoms with Crippen molar-refractivity contribution in [1.82, 2.24) is 9.97 Å². The van der Waals surface area contributed by atoms with Gasteiger partial charge in [0.25, 0.3) is 15.9 Å². The molecule has 0 saturated heterocycles. The molecule has 1 aromatic carbocycles. The number of amides is 1. The van der Waals surface area contributed by atoms with Gasteiger partial charge in [-0.1, -0.05) is 0 Å². The van der Waals surface area contributed by atoms with Crippen LogP contribution in [-0.2, 0) is 14.8 Å².